The number of nitrogens with two attached hydrogens (primary N) is 1. The molecule has 0 aromatic carbocycles. The molecule has 0 bridgehead atoms. The van der Waals surface area contributed by atoms with Crippen LogP contribution in [0, 0.1) is 0 Å². The van der Waals surface area contributed by atoms with Crippen LogP contribution in [0.15, 0.2) is 18.2 Å². The quantitative estimate of drug-likeness (QED) is 0.711. The average molecular weight is 213 g/mol. The molecular formula is C9H15N3OS. The summed E-state index contributed by atoms with van der Waals surface area (Å²) in [5.74, 6) is 2.00. The molecule has 1 aromatic heterocycles. The molecule has 0 radical (unpaired) electrons. The van der Waals surface area contributed by atoms with E-state index in [1.807, 2.05) is 12.1 Å². The number of hydrogen-bond donors (Lipinski definition) is 2. The van der Waals surface area contributed by atoms with E-state index in [-0.39, 0.29) is 0 Å². The minimum absolute atomic E-state index is 0.508. The van der Waals surface area contributed by atoms with Gasteiger partial charge in [0, 0.05) is 29.4 Å². The smallest absolute Gasteiger partial charge is 0.128 e. The first-order valence-electron chi connectivity index (χ1n) is 4.45. The van der Waals surface area contributed by atoms with Crippen molar-refractivity contribution in [3.05, 3.63) is 18.2 Å². The van der Waals surface area contributed by atoms with E-state index < -0.39 is 10.8 Å². The third kappa shape index (κ3) is 4.23. The zero-order chi connectivity index (χ0) is 10.4. The van der Waals surface area contributed by atoms with Crippen LogP contribution in [0.4, 0.5) is 11.6 Å². The van der Waals surface area contributed by atoms with Crippen molar-refractivity contribution in [1.82, 2.24) is 4.98 Å². The second-order valence-electron chi connectivity index (χ2n) is 3.01. The molecule has 1 unspecified atom stereocenters. The first-order chi connectivity index (χ1) is 6.68. The van der Waals surface area contributed by atoms with Crippen molar-refractivity contribution in [3.63, 3.8) is 0 Å². The fraction of sp³-hybridized carbons (Fsp3) is 0.444. The van der Waals surface area contributed by atoms with Crippen LogP contribution in [0.5, 0.6) is 0 Å². The molecule has 5 heteroatoms. The van der Waals surface area contributed by atoms with E-state index in [4.69, 9.17) is 5.73 Å². The molecular weight excluding hydrogens is 198 g/mol. The van der Waals surface area contributed by atoms with Crippen LogP contribution in [0.1, 0.15) is 6.42 Å². The van der Waals surface area contributed by atoms with Crippen LogP contribution >= 0.6 is 0 Å². The molecule has 0 aliphatic heterocycles. The van der Waals surface area contributed by atoms with Gasteiger partial charge >= 0.3 is 0 Å². The predicted octanol–water partition coefficient (Wildman–Crippen LogP) is 0.844. The molecule has 0 aliphatic carbocycles. The Labute approximate surface area is 86.4 Å². The zero-order valence-electron chi connectivity index (χ0n) is 8.19. The van der Waals surface area contributed by atoms with E-state index in [1.165, 1.54) is 0 Å². The highest BCUT2D eigenvalue weighted by molar-refractivity contribution is 7.84. The second kappa shape index (κ2) is 5.59. The molecule has 1 heterocycles. The number of anilines is 2. The Morgan fingerprint density at radius 3 is 3.00 bits per heavy atom. The minimum atomic E-state index is -0.713. The van der Waals surface area contributed by atoms with Gasteiger partial charge in [0.25, 0.3) is 0 Å². The molecule has 14 heavy (non-hydrogen) atoms. The van der Waals surface area contributed by atoms with Crippen molar-refractivity contribution in [2.75, 3.05) is 29.6 Å². The third-order valence-electron chi connectivity index (χ3n) is 1.69. The molecule has 1 rings (SSSR count). The van der Waals surface area contributed by atoms with E-state index >= 15 is 0 Å². The van der Waals surface area contributed by atoms with Gasteiger partial charge in [-0.1, -0.05) is 6.07 Å². The maximum atomic E-state index is 10.8. The average Bonchev–Trinajstić information content (AvgIpc) is 2.12. The van der Waals surface area contributed by atoms with Gasteiger partial charge in [-0.2, -0.15) is 0 Å². The molecule has 0 saturated carbocycles. The maximum Gasteiger partial charge on any atom is 0.128 e. The summed E-state index contributed by atoms with van der Waals surface area (Å²) in [6.07, 6.45) is 2.58. The van der Waals surface area contributed by atoms with Crippen LogP contribution in [0.25, 0.3) is 0 Å². The predicted molar refractivity (Wildman–Crippen MR) is 60.7 cm³/mol. The number of nitrogens with one attached hydrogen (secondary N) is 1. The minimum Gasteiger partial charge on any atom is -0.384 e. The van der Waals surface area contributed by atoms with E-state index in [0.717, 1.165) is 24.5 Å². The van der Waals surface area contributed by atoms with Crippen molar-refractivity contribution < 1.29 is 4.21 Å². The Hall–Kier alpha value is -1.10. The van der Waals surface area contributed by atoms with E-state index in [2.05, 4.69) is 10.3 Å². The maximum absolute atomic E-state index is 10.8. The van der Waals surface area contributed by atoms with Crippen LogP contribution < -0.4 is 11.1 Å². The normalized spacial score (nSPS) is 12.4. The topological polar surface area (TPSA) is 68.0 Å². The number of hydrogen-bond acceptors (Lipinski definition) is 4. The first-order valence-corrected chi connectivity index (χ1v) is 6.17. The Bertz CT molecular complexity index is 317. The molecule has 4 nitrogen and oxygen atoms in total. The Balaban J connectivity index is 2.28. The largest absolute Gasteiger partial charge is 0.384 e. The van der Waals surface area contributed by atoms with Crippen LogP contribution in [0.2, 0.25) is 0 Å². The van der Waals surface area contributed by atoms with E-state index in [9.17, 15) is 4.21 Å². The van der Waals surface area contributed by atoms with Gasteiger partial charge in [0.15, 0.2) is 0 Å². The van der Waals surface area contributed by atoms with Crippen molar-refractivity contribution in [2.45, 2.75) is 6.42 Å². The number of pyridine rings is 1. The van der Waals surface area contributed by atoms with Gasteiger partial charge in [0.2, 0.25) is 0 Å². The summed E-state index contributed by atoms with van der Waals surface area (Å²) >= 11 is 0. The van der Waals surface area contributed by atoms with Gasteiger partial charge in [-0.3, -0.25) is 4.21 Å². The Kier molecular flexibility index (Phi) is 4.39. The van der Waals surface area contributed by atoms with Crippen molar-refractivity contribution >= 4 is 22.4 Å². The summed E-state index contributed by atoms with van der Waals surface area (Å²) in [5.41, 5.74) is 5.51. The van der Waals surface area contributed by atoms with Crippen LogP contribution in [-0.4, -0.2) is 27.7 Å². The van der Waals surface area contributed by atoms with Crippen molar-refractivity contribution in [1.29, 1.82) is 0 Å². The number of rotatable bonds is 5. The fourth-order valence-corrected chi connectivity index (χ4v) is 1.59. The zero-order valence-corrected chi connectivity index (χ0v) is 9.01. The highest BCUT2D eigenvalue weighted by atomic mass is 32.2. The molecule has 78 valence electrons. The van der Waals surface area contributed by atoms with Crippen LogP contribution in [-0.2, 0) is 10.8 Å². The van der Waals surface area contributed by atoms with Crippen molar-refractivity contribution in [3.8, 4) is 0 Å². The van der Waals surface area contributed by atoms with Gasteiger partial charge in [0.05, 0.1) is 0 Å². The standard InChI is InChI=1S/C9H15N3OS/c1-14(13)7-3-6-11-9-5-2-4-8(10)12-9/h2,4-5H,3,6-7H2,1H3,(H3,10,11,12). The summed E-state index contributed by atoms with van der Waals surface area (Å²) in [4.78, 5) is 4.08. The summed E-state index contributed by atoms with van der Waals surface area (Å²) in [6.45, 7) is 0.774. The molecule has 0 saturated heterocycles. The lowest BCUT2D eigenvalue weighted by Gasteiger charge is -2.04. The molecule has 0 amide bonds. The van der Waals surface area contributed by atoms with Crippen molar-refractivity contribution in [2.24, 2.45) is 0 Å². The summed E-state index contributed by atoms with van der Waals surface area (Å²) in [5, 5.41) is 3.12. The second-order valence-corrected chi connectivity index (χ2v) is 4.56. The first kappa shape index (κ1) is 11.0. The van der Waals surface area contributed by atoms with Gasteiger partial charge in [-0.15, -0.1) is 0 Å². The molecule has 1 aromatic rings. The van der Waals surface area contributed by atoms with Crippen LogP contribution in [0.3, 0.4) is 0 Å². The lowest BCUT2D eigenvalue weighted by atomic mass is 10.4. The highest BCUT2D eigenvalue weighted by Crippen LogP contribution is 2.05. The highest BCUT2D eigenvalue weighted by Gasteiger charge is 1.94. The third-order valence-corrected chi connectivity index (χ3v) is 2.55. The molecule has 0 aliphatic rings. The number of aromatic nitrogens is 1. The molecule has 3 N–H and O–H groups in total. The lowest BCUT2D eigenvalue weighted by Crippen LogP contribution is -2.07. The van der Waals surface area contributed by atoms with Gasteiger partial charge in [-0.25, -0.2) is 4.98 Å². The van der Waals surface area contributed by atoms with Gasteiger partial charge in [-0.05, 0) is 18.6 Å². The summed E-state index contributed by atoms with van der Waals surface area (Å²) in [7, 11) is -0.713. The summed E-state index contributed by atoms with van der Waals surface area (Å²) in [6, 6.07) is 5.45. The fourth-order valence-electron chi connectivity index (χ4n) is 1.04. The Morgan fingerprint density at radius 2 is 2.36 bits per heavy atom. The summed E-state index contributed by atoms with van der Waals surface area (Å²) < 4.78 is 10.8. The lowest BCUT2D eigenvalue weighted by molar-refractivity contribution is 0.685. The monoisotopic (exact) mass is 213 g/mol. The van der Waals surface area contributed by atoms with E-state index in [1.54, 1.807) is 12.3 Å². The van der Waals surface area contributed by atoms with E-state index in [0.29, 0.717) is 5.82 Å². The molecule has 0 fully saturated rings. The van der Waals surface area contributed by atoms with Gasteiger partial charge in [0.1, 0.15) is 11.6 Å². The number of nitrogen functional groups attached to an aromatic ring is 1. The number of nitrogens with zero attached hydrogens (tertiary/aromatic N) is 1. The molecule has 0 spiro atoms. The van der Waals surface area contributed by atoms with Gasteiger partial charge < -0.3 is 11.1 Å². The SMILES string of the molecule is CS(=O)CCCNc1cccc(N)n1. The Morgan fingerprint density at radius 1 is 1.57 bits per heavy atom. The molecule has 1 atom stereocenters.